The van der Waals surface area contributed by atoms with Crippen molar-refractivity contribution >= 4 is 47.7 Å². The molecule has 0 spiro atoms. The fourth-order valence-electron chi connectivity index (χ4n) is 1.75. The van der Waals surface area contributed by atoms with Crippen molar-refractivity contribution in [1.29, 1.82) is 0 Å². The van der Waals surface area contributed by atoms with Crippen molar-refractivity contribution in [3.63, 3.8) is 0 Å². The first-order valence-corrected chi connectivity index (χ1v) is 8.46. The molecule has 8 heteroatoms. The molecule has 1 atom stereocenters. The standard InChI is InChI=1S/C16H24FN3O2S.HI/c1-12(15(21)22-3)11-20-16(18-2)19-9-4-10-23-14-7-5-13(17)6-8-14;/h5-8,12H,4,9-11H2,1-3H3,(H2,18,19,20);1H. The topological polar surface area (TPSA) is 62.7 Å². The van der Waals surface area contributed by atoms with E-state index in [-0.39, 0.29) is 41.7 Å². The number of guanidine groups is 1. The molecule has 0 aliphatic rings. The van der Waals surface area contributed by atoms with Gasteiger partial charge in [-0.15, -0.1) is 35.7 Å². The smallest absolute Gasteiger partial charge is 0.310 e. The van der Waals surface area contributed by atoms with E-state index in [1.54, 1.807) is 37.9 Å². The molecule has 136 valence electrons. The summed E-state index contributed by atoms with van der Waals surface area (Å²) < 4.78 is 17.5. The highest BCUT2D eigenvalue weighted by Crippen LogP contribution is 2.18. The number of esters is 1. The summed E-state index contributed by atoms with van der Waals surface area (Å²) in [6.45, 7) is 3.03. The second-order valence-corrected chi connectivity index (χ2v) is 6.13. The van der Waals surface area contributed by atoms with Gasteiger partial charge in [0.2, 0.25) is 0 Å². The van der Waals surface area contributed by atoms with Crippen LogP contribution in [-0.2, 0) is 9.53 Å². The molecular weight excluding hydrogens is 444 g/mol. The van der Waals surface area contributed by atoms with Crippen molar-refractivity contribution in [2.75, 3.05) is 33.0 Å². The minimum Gasteiger partial charge on any atom is -0.469 e. The van der Waals surface area contributed by atoms with Gasteiger partial charge in [0.15, 0.2) is 5.96 Å². The van der Waals surface area contributed by atoms with Gasteiger partial charge in [-0.05, 0) is 36.4 Å². The van der Waals surface area contributed by atoms with Crippen LogP contribution >= 0.6 is 35.7 Å². The summed E-state index contributed by atoms with van der Waals surface area (Å²) in [5.74, 6) is 0.893. The molecule has 0 amide bonds. The molecule has 0 saturated carbocycles. The minimum absolute atomic E-state index is 0. The number of nitrogens with zero attached hydrogens (tertiary/aromatic N) is 1. The Morgan fingerprint density at radius 1 is 1.33 bits per heavy atom. The van der Waals surface area contributed by atoms with Gasteiger partial charge >= 0.3 is 5.97 Å². The zero-order valence-electron chi connectivity index (χ0n) is 14.2. The summed E-state index contributed by atoms with van der Waals surface area (Å²) in [5, 5.41) is 6.28. The van der Waals surface area contributed by atoms with Crippen LogP contribution < -0.4 is 10.6 Å². The Morgan fingerprint density at radius 3 is 2.58 bits per heavy atom. The summed E-state index contributed by atoms with van der Waals surface area (Å²) in [6, 6.07) is 6.49. The van der Waals surface area contributed by atoms with E-state index < -0.39 is 0 Å². The molecule has 0 aliphatic carbocycles. The minimum atomic E-state index is -0.247. The average Bonchev–Trinajstić information content (AvgIpc) is 2.57. The third kappa shape index (κ3) is 9.31. The molecule has 0 aromatic heterocycles. The molecule has 0 radical (unpaired) electrons. The summed E-state index contributed by atoms with van der Waals surface area (Å²) in [7, 11) is 3.07. The summed E-state index contributed by atoms with van der Waals surface area (Å²) >= 11 is 1.69. The lowest BCUT2D eigenvalue weighted by atomic mass is 10.2. The molecule has 0 bridgehead atoms. The predicted octanol–water partition coefficient (Wildman–Crippen LogP) is 2.90. The van der Waals surface area contributed by atoms with E-state index in [2.05, 4.69) is 20.4 Å². The van der Waals surface area contributed by atoms with Crippen molar-refractivity contribution in [3.8, 4) is 0 Å². The summed E-state index contributed by atoms with van der Waals surface area (Å²) in [5.41, 5.74) is 0. The third-order valence-corrected chi connectivity index (χ3v) is 4.20. The number of carbonyl (C=O) groups excluding carboxylic acids is 1. The molecule has 1 aromatic rings. The first kappa shape index (κ1) is 23.0. The van der Waals surface area contributed by atoms with Crippen molar-refractivity contribution < 1.29 is 13.9 Å². The van der Waals surface area contributed by atoms with Crippen molar-refractivity contribution in [2.24, 2.45) is 10.9 Å². The number of thioether (sulfide) groups is 1. The normalized spacial score (nSPS) is 12.1. The number of nitrogens with one attached hydrogen (secondary N) is 2. The number of rotatable bonds is 8. The van der Waals surface area contributed by atoms with Crippen molar-refractivity contribution in [1.82, 2.24) is 10.6 Å². The quantitative estimate of drug-likeness (QED) is 0.153. The van der Waals surface area contributed by atoms with E-state index in [0.717, 1.165) is 23.6 Å². The molecule has 1 rings (SSSR count). The number of benzene rings is 1. The van der Waals surface area contributed by atoms with Crippen LogP contribution in [0.3, 0.4) is 0 Å². The number of aliphatic imine (C=N–C) groups is 1. The predicted molar refractivity (Wildman–Crippen MR) is 108 cm³/mol. The van der Waals surface area contributed by atoms with E-state index in [1.165, 1.54) is 19.2 Å². The van der Waals surface area contributed by atoms with Gasteiger partial charge in [0.05, 0.1) is 13.0 Å². The Hall–Kier alpha value is -1.03. The van der Waals surface area contributed by atoms with E-state index in [0.29, 0.717) is 12.5 Å². The van der Waals surface area contributed by atoms with Crippen LogP contribution in [0, 0.1) is 11.7 Å². The lowest BCUT2D eigenvalue weighted by Gasteiger charge is -2.14. The van der Waals surface area contributed by atoms with Gasteiger partial charge in [0.25, 0.3) is 0 Å². The van der Waals surface area contributed by atoms with E-state index in [1.807, 2.05) is 0 Å². The van der Waals surface area contributed by atoms with Crippen LogP contribution in [0.25, 0.3) is 0 Å². The van der Waals surface area contributed by atoms with Crippen molar-refractivity contribution in [2.45, 2.75) is 18.2 Å². The van der Waals surface area contributed by atoms with E-state index in [4.69, 9.17) is 0 Å². The Bertz CT molecular complexity index is 515. The first-order chi connectivity index (χ1) is 11.1. The Labute approximate surface area is 164 Å². The average molecular weight is 469 g/mol. The van der Waals surface area contributed by atoms with E-state index >= 15 is 0 Å². The fourth-order valence-corrected chi connectivity index (χ4v) is 2.61. The van der Waals surface area contributed by atoms with Gasteiger partial charge in [0, 0.05) is 25.0 Å². The summed E-state index contributed by atoms with van der Waals surface area (Å²) in [6.07, 6.45) is 0.940. The monoisotopic (exact) mass is 469 g/mol. The second-order valence-electron chi connectivity index (χ2n) is 4.96. The third-order valence-electron chi connectivity index (χ3n) is 3.10. The highest BCUT2D eigenvalue weighted by Gasteiger charge is 2.13. The molecule has 0 saturated heterocycles. The SMILES string of the molecule is CN=C(NCCCSc1ccc(F)cc1)NCC(C)C(=O)OC.I. The lowest BCUT2D eigenvalue weighted by Crippen LogP contribution is -2.41. The lowest BCUT2D eigenvalue weighted by molar-refractivity contribution is -0.144. The Kier molecular flexibility index (Phi) is 12.7. The molecule has 1 unspecified atom stereocenters. The van der Waals surface area contributed by atoms with Gasteiger partial charge in [-0.2, -0.15) is 0 Å². The van der Waals surface area contributed by atoms with Crippen molar-refractivity contribution in [3.05, 3.63) is 30.1 Å². The number of halogens is 2. The molecule has 0 heterocycles. The zero-order valence-corrected chi connectivity index (χ0v) is 17.3. The highest BCUT2D eigenvalue weighted by molar-refractivity contribution is 14.0. The van der Waals surface area contributed by atoms with Crippen LogP contribution in [-0.4, -0.2) is 44.9 Å². The second kappa shape index (κ2) is 13.3. The maximum Gasteiger partial charge on any atom is 0.310 e. The molecule has 0 aliphatic heterocycles. The summed E-state index contributed by atoms with van der Waals surface area (Å²) in [4.78, 5) is 16.5. The Balaban J connectivity index is 0.00000529. The zero-order chi connectivity index (χ0) is 17.1. The van der Waals surface area contributed by atoms with E-state index in [9.17, 15) is 9.18 Å². The largest absolute Gasteiger partial charge is 0.469 e. The molecule has 2 N–H and O–H groups in total. The molecule has 24 heavy (non-hydrogen) atoms. The number of methoxy groups -OCH3 is 1. The maximum atomic E-state index is 12.8. The van der Waals surface area contributed by atoms with Gasteiger partial charge in [-0.25, -0.2) is 4.39 Å². The molecule has 0 fully saturated rings. The molecule has 5 nitrogen and oxygen atoms in total. The highest BCUT2D eigenvalue weighted by atomic mass is 127. The van der Waals surface area contributed by atoms with Gasteiger partial charge in [-0.1, -0.05) is 6.92 Å². The Morgan fingerprint density at radius 2 is 2.00 bits per heavy atom. The van der Waals surface area contributed by atoms with Gasteiger partial charge in [-0.3, -0.25) is 9.79 Å². The number of hydrogen-bond donors (Lipinski definition) is 2. The first-order valence-electron chi connectivity index (χ1n) is 7.47. The van der Waals surface area contributed by atoms with Crippen LogP contribution in [0.1, 0.15) is 13.3 Å². The van der Waals surface area contributed by atoms with Crippen LogP contribution in [0.4, 0.5) is 4.39 Å². The van der Waals surface area contributed by atoms with Gasteiger partial charge < -0.3 is 15.4 Å². The maximum absolute atomic E-state index is 12.8. The fraction of sp³-hybridized carbons (Fsp3) is 0.500. The molecule has 1 aromatic carbocycles. The number of ether oxygens (including phenoxy) is 1. The molecular formula is C16H25FIN3O2S. The van der Waals surface area contributed by atoms with Crippen LogP contribution in [0.5, 0.6) is 0 Å². The van der Waals surface area contributed by atoms with Gasteiger partial charge in [0.1, 0.15) is 5.82 Å². The van der Waals surface area contributed by atoms with Crippen LogP contribution in [0.15, 0.2) is 34.2 Å². The number of carbonyl (C=O) groups is 1. The number of hydrogen-bond acceptors (Lipinski definition) is 4. The van der Waals surface area contributed by atoms with Crippen LogP contribution in [0.2, 0.25) is 0 Å².